The summed E-state index contributed by atoms with van der Waals surface area (Å²) >= 11 is 3.20. The number of alkyl halides is 4. The molecule has 6 heteroatoms. The van der Waals surface area contributed by atoms with Crippen molar-refractivity contribution in [3.63, 3.8) is 0 Å². The number of hydrogen-bond donors (Lipinski definition) is 0. The van der Waals surface area contributed by atoms with Crippen LogP contribution in [0, 0.1) is 11.3 Å². The third kappa shape index (κ3) is 4.34. The molecule has 2 nitrogen and oxygen atoms in total. The molecule has 0 spiro atoms. The lowest BCUT2D eigenvalue weighted by atomic mass is 9.99. The van der Waals surface area contributed by atoms with Crippen LogP contribution in [0.15, 0.2) is 18.2 Å². The van der Waals surface area contributed by atoms with E-state index in [1.54, 1.807) is 0 Å². The van der Waals surface area contributed by atoms with Gasteiger partial charge in [0.2, 0.25) is 0 Å². The van der Waals surface area contributed by atoms with Gasteiger partial charge in [-0.3, -0.25) is 4.79 Å². The molecule has 1 unspecified atom stereocenters. The Labute approximate surface area is 123 Å². The van der Waals surface area contributed by atoms with Crippen LogP contribution < -0.4 is 0 Å². The molecule has 1 aromatic rings. The van der Waals surface area contributed by atoms with E-state index in [1.165, 1.54) is 12.1 Å². The van der Waals surface area contributed by atoms with Crippen LogP contribution in [0.3, 0.4) is 0 Å². The summed E-state index contributed by atoms with van der Waals surface area (Å²) in [6, 6.07) is 5.05. The largest absolute Gasteiger partial charge is 0.417 e. The quantitative estimate of drug-likeness (QED) is 0.747. The number of ketones is 1. The molecule has 20 heavy (non-hydrogen) atoms. The van der Waals surface area contributed by atoms with Gasteiger partial charge in [0.05, 0.1) is 22.0 Å². The van der Waals surface area contributed by atoms with Crippen LogP contribution >= 0.6 is 15.9 Å². The Morgan fingerprint density at radius 3 is 2.60 bits per heavy atom. The minimum atomic E-state index is -4.57. The maximum Gasteiger partial charge on any atom is 0.417 e. The van der Waals surface area contributed by atoms with Crippen molar-refractivity contribution in [2.75, 3.05) is 0 Å². The lowest BCUT2D eigenvalue weighted by Crippen LogP contribution is -2.17. The number of rotatable bonds is 5. The molecule has 1 aromatic carbocycles. The lowest BCUT2D eigenvalue weighted by Gasteiger charge is -2.12. The van der Waals surface area contributed by atoms with Crippen molar-refractivity contribution < 1.29 is 18.0 Å². The van der Waals surface area contributed by atoms with Gasteiger partial charge in [-0.25, -0.2) is 0 Å². The fraction of sp³-hybridized carbons (Fsp3) is 0.429. The molecule has 0 saturated heterocycles. The highest BCUT2D eigenvalue weighted by Crippen LogP contribution is 2.32. The Balaban J connectivity index is 2.99. The molecule has 0 amide bonds. The summed E-state index contributed by atoms with van der Waals surface area (Å²) in [6.45, 7) is 1.86. The molecule has 1 atom stereocenters. The summed E-state index contributed by atoms with van der Waals surface area (Å²) in [4.78, 5) is 11.1. The molecule has 0 N–H and O–H groups in total. The summed E-state index contributed by atoms with van der Waals surface area (Å²) in [5, 5.41) is 8.70. The second-order valence-electron chi connectivity index (χ2n) is 4.38. The van der Waals surface area contributed by atoms with Crippen molar-refractivity contribution >= 4 is 21.7 Å². The normalized spacial score (nSPS) is 12.8. The van der Waals surface area contributed by atoms with Crippen LogP contribution in [-0.2, 0) is 17.4 Å². The van der Waals surface area contributed by atoms with Gasteiger partial charge >= 0.3 is 6.18 Å². The highest BCUT2D eigenvalue weighted by atomic mass is 79.9. The number of hydrogen-bond acceptors (Lipinski definition) is 2. The number of nitriles is 1. The summed E-state index contributed by atoms with van der Waals surface area (Å²) < 4.78 is 38.4. The molecule has 1 rings (SSSR count). The Bertz CT molecular complexity index is 534. The van der Waals surface area contributed by atoms with Gasteiger partial charge < -0.3 is 0 Å². The first-order valence-corrected chi connectivity index (χ1v) is 6.98. The highest BCUT2D eigenvalue weighted by molar-refractivity contribution is 9.10. The van der Waals surface area contributed by atoms with Gasteiger partial charge in [-0.1, -0.05) is 28.9 Å². The summed E-state index contributed by atoms with van der Waals surface area (Å²) in [7, 11) is 0. The molecule has 0 heterocycles. The van der Waals surface area contributed by atoms with Gasteiger partial charge in [0, 0.05) is 6.42 Å². The van der Waals surface area contributed by atoms with Gasteiger partial charge in [0.1, 0.15) is 5.78 Å². The van der Waals surface area contributed by atoms with Gasteiger partial charge in [-0.2, -0.15) is 18.4 Å². The lowest BCUT2D eigenvalue weighted by molar-refractivity contribution is -0.137. The van der Waals surface area contributed by atoms with E-state index >= 15 is 0 Å². The van der Waals surface area contributed by atoms with Crippen LogP contribution in [0.1, 0.15) is 36.5 Å². The molecule has 0 aliphatic rings. The van der Waals surface area contributed by atoms with Crippen LogP contribution in [-0.4, -0.2) is 10.6 Å². The minimum Gasteiger partial charge on any atom is -0.298 e. The topological polar surface area (TPSA) is 40.9 Å². The van der Waals surface area contributed by atoms with Crippen LogP contribution in [0.5, 0.6) is 0 Å². The van der Waals surface area contributed by atoms with E-state index in [0.717, 1.165) is 12.1 Å². The third-order valence-electron chi connectivity index (χ3n) is 2.77. The minimum absolute atomic E-state index is 0.0366. The predicted octanol–water partition coefficient (Wildman–Crippen LogP) is 4.25. The molecule has 0 bridgehead atoms. The fourth-order valence-corrected chi connectivity index (χ4v) is 2.38. The summed E-state index contributed by atoms with van der Waals surface area (Å²) in [6.07, 6.45) is -3.32. The van der Waals surface area contributed by atoms with E-state index in [4.69, 9.17) is 5.26 Å². The molecule has 0 radical (unpaired) electrons. The van der Waals surface area contributed by atoms with E-state index in [-0.39, 0.29) is 12.2 Å². The second-order valence-corrected chi connectivity index (χ2v) is 5.48. The zero-order valence-electron chi connectivity index (χ0n) is 10.8. The van der Waals surface area contributed by atoms with Crippen molar-refractivity contribution in [2.45, 2.75) is 37.2 Å². The van der Waals surface area contributed by atoms with Crippen molar-refractivity contribution in [2.24, 2.45) is 0 Å². The zero-order chi connectivity index (χ0) is 15.3. The first-order chi connectivity index (χ1) is 9.29. The monoisotopic (exact) mass is 347 g/mol. The number of Topliss-reactive ketones (excluding diaryl/α,β-unsaturated/α-hetero) is 1. The molecule has 0 fully saturated rings. The highest BCUT2D eigenvalue weighted by Gasteiger charge is 2.34. The van der Waals surface area contributed by atoms with Crippen LogP contribution in [0.25, 0.3) is 0 Å². The molecule has 0 aliphatic carbocycles. The summed E-state index contributed by atoms with van der Waals surface area (Å²) in [5.41, 5.74) is -0.991. The smallest absolute Gasteiger partial charge is 0.298 e. The number of benzene rings is 1. The Hall–Kier alpha value is -1.35. The van der Waals surface area contributed by atoms with Crippen molar-refractivity contribution in [1.82, 2.24) is 0 Å². The number of halogens is 4. The predicted molar refractivity (Wildman–Crippen MR) is 72.5 cm³/mol. The average Bonchev–Trinajstić information content (AvgIpc) is 2.37. The van der Waals surface area contributed by atoms with Crippen molar-refractivity contribution in [3.8, 4) is 6.07 Å². The van der Waals surface area contributed by atoms with Crippen LogP contribution in [0.4, 0.5) is 13.2 Å². The second kappa shape index (κ2) is 6.89. The number of carbonyl (C=O) groups is 1. The molecular weight excluding hydrogens is 335 g/mol. The van der Waals surface area contributed by atoms with E-state index in [0.29, 0.717) is 18.4 Å². The van der Waals surface area contributed by atoms with E-state index in [1.807, 2.05) is 6.92 Å². The SMILES string of the molecule is CCCC(=O)C(Br)Cc1ccc(C#N)c(C(F)(F)F)c1. The maximum absolute atomic E-state index is 12.8. The summed E-state index contributed by atoms with van der Waals surface area (Å²) in [5.74, 6) is -0.0366. The molecular formula is C14H13BrF3NO. The Morgan fingerprint density at radius 2 is 2.10 bits per heavy atom. The first kappa shape index (κ1) is 16.7. The standard InChI is InChI=1S/C14H13BrF3NO/c1-2-3-13(20)12(15)7-9-4-5-10(8-19)11(6-9)14(16,17)18/h4-6,12H,2-3,7H2,1H3. The van der Waals surface area contributed by atoms with E-state index in [9.17, 15) is 18.0 Å². The Morgan fingerprint density at radius 1 is 1.45 bits per heavy atom. The number of nitrogens with zero attached hydrogens (tertiary/aromatic N) is 1. The van der Waals surface area contributed by atoms with E-state index in [2.05, 4.69) is 15.9 Å². The zero-order valence-corrected chi connectivity index (χ0v) is 12.4. The van der Waals surface area contributed by atoms with Crippen molar-refractivity contribution in [1.29, 1.82) is 5.26 Å². The van der Waals surface area contributed by atoms with Gasteiger partial charge in [-0.05, 0) is 30.5 Å². The molecule has 0 aliphatic heterocycles. The third-order valence-corrected chi connectivity index (χ3v) is 3.60. The molecule has 108 valence electrons. The fourth-order valence-electron chi connectivity index (χ4n) is 1.77. The van der Waals surface area contributed by atoms with E-state index < -0.39 is 22.1 Å². The van der Waals surface area contributed by atoms with Gasteiger partial charge in [-0.15, -0.1) is 0 Å². The maximum atomic E-state index is 12.8. The first-order valence-electron chi connectivity index (χ1n) is 6.06. The molecule has 0 saturated carbocycles. The average molecular weight is 348 g/mol. The van der Waals surface area contributed by atoms with Crippen LogP contribution in [0.2, 0.25) is 0 Å². The van der Waals surface area contributed by atoms with Crippen molar-refractivity contribution in [3.05, 3.63) is 34.9 Å². The van der Waals surface area contributed by atoms with Gasteiger partial charge in [0.15, 0.2) is 0 Å². The van der Waals surface area contributed by atoms with Gasteiger partial charge in [0.25, 0.3) is 0 Å². The molecule has 0 aromatic heterocycles. The number of carbonyl (C=O) groups excluding carboxylic acids is 1. The Kier molecular flexibility index (Phi) is 5.75.